The molecule has 2 atom stereocenters. The molecule has 4 N–H and O–H groups in total. The third-order valence-electron chi connectivity index (χ3n) is 2.96. The van der Waals surface area contributed by atoms with Gasteiger partial charge in [-0.05, 0) is 24.1 Å². The van der Waals surface area contributed by atoms with Gasteiger partial charge in [0.25, 0.3) is 0 Å². The van der Waals surface area contributed by atoms with Crippen LogP contribution in [-0.4, -0.2) is 22.3 Å². The first-order chi connectivity index (χ1) is 9.09. The number of hydrogen-bond acceptors (Lipinski definition) is 3. The molecule has 0 saturated heterocycles. The lowest BCUT2D eigenvalue weighted by atomic mass is 9.89. The Bertz CT molecular complexity index is 519. The average molecular weight is 312 g/mol. The third-order valence-corrected chi connectivity index (χ3v) is 3.27. The van der Waals surface area contributed by atoms with Crippen molar-refractivity contribution in [3.63, 3.8) is 0 Å². The van der Waals surface area contributed by atoms with Crippen molar-refractivity contribution < 1.29 is 28.2 Å². The second-order valence-corrected chi connectivity index (χ2v) is 4.67. The fourth-order valence-corrected chi connectivity index (χ4v) is 2.13. The number of carbonyl (C=O) groups is 1. The van der Waals surface area contributed by atoms with E-state index in [9.17, 15) is 23.1 Å². The Morgan fingerprint density at radius 1 is 1.45 bits per heavy atom. The van der Waals surface area contributed by atoms with Crippen molar-refractivity contribution >= 4 is 23.3 Å². The Hall–Kier alpha value is -1.47. The van der Waals surface area contributed by atoms with Crippen molar-refractivity contribution in [2.75, 3.05) is 5.73 Å². The van der Waals surface area contributed by atoms with Gasteiger partial charge in [-0.2, -0.15) is 13.2 Å². The predicted molar refractivity (Wildman–Crippen MR) is 67.5 cm³/mol. The van der Waals surface area contributed by atoms with E-state index in [-0.39, 0.29) is 17.0 Å². The molecule has 1 rings (SSSR count). The quantitative estimate of drug-likeness (QED) is 0.747. The molecule has 0 heterocycles. The smallest absolute Gasteiger partial charge is 0.418 e. The van der Waals surface area contributed by atoms with Crippen LogP contribution >= 0.6 is 11.6 Å². The highest BCUT2D eigenvalue weighted by Crippen LogP contribution is 2.40. The molecule has 0 aliphatic rings. The van der Waals surface area contributed by atoms with Crippen molar-refractivity contribution in [2.45, 2.75) is 31.5 Å². The minimum atomic E-state index is -4.71. The molecule has 0 spiro atoms. The van der Waals surface area contributed by atoms with E-state index >= 15 is 0 Å². The van der Waals surface area contributed by atoms with Crippen molar-refractivity contribution in [3.05, 3.63) is 28.3 Å². The largest absolute Gasteiger partial charge is 0.479 e. The number of rotatable bonds is 4. The van der Waals surface area contributed by atoms with Gasteiger partial charge in [0.2, 0.25) is 0 Å². The van der Waals surface area contributed by atoms with Crippen molar-refractivity contribution in [2.24, 2.45) is 0 Å². The number of anilines is 1. The zero-order valence-electron chi connectivity index (χ0n) is 10.4. The maximum absolute atomic E-state index is 12.8. The molecule has 2 unspecified atom stereocenters. The minimum Gasteiger partial charge on any atom is -0.479 e. The van der Waals surface area contributed by atoms with Crippen LogP contribution in [0.15, 0.2) is 12.1 Å². The summed E-state index contributed by atoms with van der Waals surface area (Å²) in [5.41, 5.74) is 3.50. The van der Waals surface area contributed by atoms with Crippen LogP contribution in [0.1, 0.15) is 30.4 Å². The molecule has 0 bridgehead atoms. The molecule has 1 aromatic carbocycles. The Labute approximate surface area is 118 Å². The molecule has 0 radical (unpaired) electrons. The summed E-state index contributed by atoms with van der Waals surface area (Å²) in [6.07, 6.45) is -6.40. The highest BCUT2D eigenvalue weighted by atomic mass is 35.5. The van der Waals surface area contributed by atoms with E-state index in [0.717, 1.165) is 12.1 Å². The second kappa shape index (κ2) is 5.88. The van der Waals surface area contributed by atoms with Crippen molar-refractivity contribution in [3.8, 4) is 0 Å². The van der Waals surface area contributed by atoms with Crippen LogP contribution < -0.4 is 5.73 Å². The van der Waals surface area contributed by atoms with Gasteiger partial charge in [-0.3, -0.25) is 0 Å². The molecular formula is C12H13ClF3NO3. The fraction of sp³-hybridized carbons (Fsp3) is 0.417. The first kappa shape index (κ1) is 16.6. The molecule has 0 aromatic heterocycles. The van der Waals surface area contributed by atoms with E-state index in [4.69, 9.17) is 22.4 Å². The molecule has 0 aliphatic carbocycles. The van der Waals surface area contributed by atoms with E-state index in [1.165, 1.54) is 0 Å². The molecule has 1 aromatic rings. The van der Waals surface area contributed by atoms with Crippen molar-refractivity contribution in [1.29, 1.82) is 0 Å². The summed E-state index contributed by atoms with van der Waals surface area (Å²) in [5, 5.41) is 18.0. The summed E-state index contributed by atoms with van der Waals surface area (Å²) in [7, 11) is 0. The van der Waals surface area contributed by atoms with E-state index in [1.807, 2.05) is 0 Å². The van der Waals surface area contributed by atoms with Crippen LogP contribution in [0.4, 0.5) is 18.9 Å². The van der Waals surface area contributed by atoms with Crippen LogP contribution in [-0.2, 0) is 11.0 Å². The topological polar surface area (TPSA) is 83.5 Å². The molecule has 0 fully saturated rings. The first-order valence-corrected chi connectivity index (χ1v) is 6.04. The Balaban J connectivity index is 3.39. The summed E-state index contributed by atoms with van der Waals surface area (Å²) in [6, 6.07) is 1.87. The van der Waals surface area contributed by atoms with Crippen LogP contribution in [0.2, 0.25) is 5.02 Å². The van der Waals surface area contributed by atoms with Gasteiger partial charge in [0.1, 0.15) is 0 Å². The van der Waals surface area contributed by atoms with Crippen molar-refractivity contribution in [1.82, 2.24) is 0 Å². The van der Waals surface area contributed by atoms with E-state index in [0.29, 0.717) is 0 Å². The number of aliphatic hydroxyl groups excluding tert-OH is 1. The molecular weight excluding hydrogens is 299 g/mol. The minimum absolute atomic E-state index is 0.0195. The van der Waals surface area contributed by atoms with Gasteiger partial charge in [0.15, 0.2) is 6.10 Å². The van der Waals surface area contributed by atoms with Crippen LogP contribution in [0, 0.1) is 0 Å². The summed E-state index contributed by atoms with van der Waals surface area (Å²) in [4.78, 5) is 10.8. The first-order valence-electron chi connectivity index (χ1n) is 5.66. The maximum atomic E-state index is 12.8. The Kier molecular flexibility index (Phi) is 4.88. The summed E-state index contributed by atoms with van der Waals surface area (Å²) in [6.45, 7) is 1.55. The Morgan fingerprint density at radius 2 is 2.00 bits per heavy atom. The molecule has 8 heteroatoms. The normalized spacial score (nSPS) is 14.9. The molecule has 0 saturated carbocycles. The number of halogens is 4. The molecule has 4 nitrogen and oxygen atoms in total. The number of nitrogens with two attached hydrogens (primary N) is 1. The summed E-state index contributed by atoms with van der Waals surface area (Å²) in [5.74, 6) is -2.52. The summed E-state index contributed by atoms with van der Waals surface area (Å²) >= 11 is 5.66. The number of nitrogen functional groups attached to an aromatic ring is 1. The predicted octanol–water partition coefficient (Wildman–Crippen LogP) is 2.88. The average Bonchev–Trinajstić information content (AvgIpc) is 2.32. The molecule has 0 aliphatic heterocycles. The van der Waals surface area contributed by atoms with E-state index < -0.39 is 35.4 Å². The number of alkyl halides is 3. The third kappa shape index (κ3) is 3.34. The maximum Gasteiger partial charge on any atom is 0.418 e. The fourth-order valence-electron chi connectivity index (χ4n) is 1.90. The molecule has 112 valence electrons. The van der Waals surface area contributed by atoms with E-state index in [1.54, 1.807) is 6.92 Å². The summed E-state index contributed by atoms with van der Waals surface area (Å²) < 4.78 is 38.5. The zero-order chi connectivity index (χ0) is 15.7. The standard InChI is InChI=1S/C12H13ClF3NO3/c1-2-6(10(18)11(19)20)5-3-7(12(14,15)16)9(17)8(13)4-5/h3-4,6,10,18H,2,17H2,1H3,(H,19,20). The lowest BCUT2D eigenvalue weighted by Gasteiger charge is -2.21. The number of aliphatic hydroxyl groups is 1. The van der Waals surface area contributed by atoms with Gasteiger partial charge in [-0.15, -0.1) is 0 Å². The van der Waals surface area contributed by atoms with E-state index in [2.05, 4.69) is 0 Å². The second-order valence-electron chi connectivity index (χ2n) is 4.26. The van der Waals surface area contributed by atoms with Gasteiger partial charge < -0.3 is 15.9 Å². The number of hydrogen-bond donors (Lipinski definition) is 3. The van der Waals surface area contributed by atoms with Gasteiger partial charge in [0, 0.05) is 5.92 Å². The SMILES string of the molecule is CCC(c1cc(Cl)c(N)c(C(F)(F)F)c1)C(O)C(=O)O. The lowest BCUT2D eigenvalue weighted by molar-refractivity contribution is -0.147. The zero-order valence-corrected chi connectivity index (χ0v) is 11.2. The number of carboxylic acid groups (broad SMARTS) is 1. The Morgan fingerprint density at radius 3 is 2.40 bits per heavy atom. The number of benzene rings is 1. The van der Waals surface area contributed by atoms with Crippen LogP contribution in [0.25, 0.3) is 0 Å². The van der Waals surface area contributed by atoms with Crippen LogP contribution in [0.3, 0.4) is 0 Å². The highest BCUT2D eigenvalue weighted by Gasteiger charge is 2.36. The van der Waals surface area contributed by atoms with Crippen LogP contribution in [0.5, 0.6) is 0 Å². The van der Waals surface area contributed by atoms with Gasteiger partial charge in [-0.25, -0.2) is 4.79 Å². The van der Waals surface area contributed by atoms with Gasteiger partial charge in [-0.1, -0.05) is 18.5 Å². The molecule has 20 heavy (non-hydrogen) atoms. The number of carboxylic acids is 1. The molecule has 0 amide bonds. The lowest BCUT2D eigenvalue weighted by Crippen LogP contribution is -2.27. The van der Waals surface area contributed by atoms with Gasteiger partial charge >= 0.3 is 12.1 Å². The van der Waals surface area contributed by atoms with Gasteiger partial charge in [0.05, 0.1) is 16.3 Å². The number of aliphatic carboxylic acids is 1. The highest BCUT2D eigenvalue weighted by molar-refractivity contribution is 6.33. The monoisotopic (exact) mass is 311 g/mol.